The highest BCUT2D eigenvalue weighted by molar-refractivity contribution is 6.26. The molecule has 4 aliphatic carbocycles. The lowest BCUT2D eigenvalue weighted by molar-refractivity contribution is -0.168. The second-order valence-corrected chi connectivity index (χ2v) is 11.3. The molecule has 0 spiro atoms. The Morgan fingerprint density at radius 3 is 1.20 bits per heavy atom. The number of allylic oxidation sites excluding steroid dienone is 2. The number of benzene rings is 2. The first-order valence-electron chi connectivity index (χ1n) is 13.5. The molecular weight excluding hydrogens is 528 g/mol. The van der Waals surface area contributed by atoms with Crippen LogP contribution in [-0.4, -0.2) is 49.8 Å². The van der Waals surface area contributed by atoms with Crippen molar-refractivity contribution in [2.45, 2.75) is 12.8 Å². The van der Waals surface area contributed by atoms with Crippen molar-refractivity contribution in [1.29, 1.82) is 0 Å². The number of hydrogen-bond donors (Lipinski definition) is 0. The molecule has 2 aromatic rings. The summed E-state index contributed by atoms with van der Waals surface area (Å²) in [6.07, 6.45) is -0.205. The number of carbonyl (C=O) groups is 6. The van der Waals surface area contributed by atoms with Gasteiger partial charge in [-0.05, 0) is 37.1 Å². The number of rotatable bonds is 4. The van der Waals surface area contributed by atoms with E-state index in [4.69, 9.17) is 9.47 Å². The minimum absolute atomic E-state index is 0.102. The second kappa shape index (κ2) is 8.70. The molecule has 3 fully saturated rings. The number of para-hydroxylation sites is 2. The maximum Gasteiger partial charge on any atom is 0.323 e. The van der Waals surface area contributed by atoms with Gasteiger partial charge in [0.15, 0.2) is 5.41 Å². The van der Waals surface area contributed by atoms with Crippen LogP contribution in [0.1, 0.15) is 12.8 Å². The van der Waals surface area contributed by atoms with E-state index in [0.717, 1.165) is 9.80 Å². The third kappa shape index (κ3) is 3.07. The van der Waals surface area contributed by atoms with Gasteiger partial charge in [0.25, 0.3) is 0 Å². The number of carbonyl (C=O) groups excluding carboxylic acids is 6. The Morgan fingerprint density at radius 2 is 0.902 bits per heavy atom. The lowest BCUT2D eigenvalue weighted by Crippen LogP contribution is -2.53. The Balaban J connectivity index is 1.39. The zero-order chi connectivity index (χ0) is 28.8. The summed E-state index contributed by atoms with van der Waals surface area (Å²) in [7, 11) is 2.36. The Kier molecular flexibility index (Phi) is 5.38. The average molecular weight is 555 g/mol. The van der Waals surface area contributed by atoms with Gasteiger partial charge in [-0.2, -0.15) is 0 Å². The SMILES string of the molecule is COC(=O)C1(C(=O)OC)CC2=C(C1)C1[C@H]3C(=O)N(c4ccccc4)C(=O)[C@H]3C2[C@H]2C(=O)N(c3ccccc3)C(=O)[C@@H]12. The van der Waals surface area contributed by atoms with E-state index in [0.29, 0.717) is 22.5 Å². The molecule has 2 heterocycles. The summed E-state index contributed by atoms with van der Waals surface area (Å²) in [5.74, 6) is -8.68. The first-order chi connectivity index (χ1) is 19.8. The molecule has 2 aliphatic heterocycles. The monoisotopic (exact) mass is 554 g/mol. The summed E-state index contributed by atoms with van der Waals surface area (Å²) < 4.78 is 10.1. The molecule has 0 N–H and O–H groups in total. The topological polar surface area (TPSA) is 127 Å². The fourth-order valence-electron chi connectivity index (χ4n) is 8.28. The van der Waals surface area contributed by atoms with Gasteiger partial charge in [-0.1, -0.05) is 47.5 Å². The van der Waals surface area contributed by atoms with E-state index in [-0.39, 0.29) is 12.8 Å². The Hall–Kier alpha value is -4.60. The van der Waals surface area contributed by atoms with Crippen molar-refractivity contribution in [3.63, 3.8) is 0 Å². The molecule has 8 rings (SSSR count). The molecule has 2 saturated heterocycles. The number of hydrogen-bond acceptors (Lipinski definition) is 8. The summed E-state index contributed by atoms with van der Waals surface area (Å²) in [6, 6.07) is 17.1. The van der Waals surface area contributed by atoms with Crippen LogP contribution in [0.5, 0.6) is 0 Å². The molecule has 0 aromatic heterocycles. The molecule has 2 aromatic carbocycles. The van der Waals surface area contributed by atoms with Crippen LogP contribution in [0.3, 0.4) is 0 Å². The average Bonchev–Trinajstić information content (AvgIpc) is 3.63. The van der Waals surface area contributed by atoms with Crippen molar-refractivity contribution in [3.8, 4) is 0 Å². The molecule has 10 nitrogen and oxygen atoms in total. The van der Waals surface area contributed by atoms with Gasteiger partial charge >= 0.3 is 11.9 Å². The number of esters is 2. The van der Waals surface area contributed by atoms with Gasteiger partial charge in [-0.3, -0.25) is 38.6 Å². The van der Waals surface area contributed by atoms with Gasteiger partial charge in [0.1, 0.15) is 0 Å². The van der Waals surface area contributed by atoms with E-state index in [1.807, 2.05) is 0 Å². The highest BCUT2D eigenvalue weighted by Gasteiger charge is 2.74. The Labute approximate surface area is 234 Å². The Bertz CT molecular complexity index is 1420. The highest BCUT2D eigenvalue weighted by atomic mass is 16.5. The van der Waals surface area contributed by atoms with Gasteiger partial charge in [-0.15, -0.1) is 0 Å². The van der Waals surface area contributed by atoms with Crippen LogP contribution in [0.2, 0.25) is 0 Å². The predicted molar refractivity (Wildman–Crippen MR) is 142 cm³/mol. The molecule has 6 aliphatic rings. The van der Waals surface area contributed by atoms with Crippen LogP contribution < -0.4 is 9.80 Å². The fourth-order valence-corrected chi connectivity index (χ4v) is 8.28. The van der Waals surface area contributed by atoms with Crippen molar-refractivity contribution in [2.75, 3.05) is 24.0 Å². The first-order valence-corrected chi connectivity index (χ1v) is 13.5. The number of imide groups is 2. The predicted octanol–water partition coefficient (Wildman–Crippen LogP) is 2.28. The molecule has 208 valence electrons. The first kappa shape index (κ1) is 25.4. The van der Waals surface area contributed by atoms with E-state index in [1.165, 1.54) is 14.2 Å². The fraction of sp³-hybridized carbons (Fsp3) is 0.355. The van der Waals surface area contributed by atoms with E-state index in [2.05, 4.69) is 0 Å². The lowest BCUT2D eigenvalue weighted by atomic mass is 9.50. The van der Waals surface area contributed by atoms with E-state index < -0.39 is 76.5 Å². The van der Waals surface area contributed by atoms with Gasteiger partial charge in [0.2, 0.25) is 23.6 Å². The van der Waals surface area contributed by atoms with E-state index in [1.54, 1.807) is 60.7 Å². The zero-order valence-electron chi connectivity index (χ0n) is 22.3. The molecule has 4 amide bonds. The summed E-state index contributed by atoms with van der Waals surface area (Å²) >= 11 is 0. The number of amides is 4. The highest BCUT2D eigenvalue weighted by Crippen LogP contribution is 2.68. The van der Waals surface area contributed by atoms with Gasteiger partial charge in [0, 0.05) is 11.8 Å². The van der Waals surface area contributed by atoms with Gasteiger partial charge in [0.05, 0.1) is 49.3 Å². The van der Waals surface area contributed by atoms with Crippen LogP contribution in [-0.2, 0) is 38.2 Å². The summed E-state index contributed by atoms with van der Waals surface area (Å²) in [5, 5.41) is 0. The van der Waals surface area contributed by atoms with Crippen LogP contribution in [0, 0.1) is 40.9 Å². The summed E-state index contributed by atoms with van der Waals surface area (Å²) in [5.41, 5.74) is 0.353. The van der Waals surface area contributed by atoms with Crippen molar-refractivity contribution in [2.24, 2.45) is 40.9 Å². The zero-order valence-corrected chi connectivity index (χ0v) is 22.3. The van der Waals surface area contributed by atoms with Gasteiger partial charge in [-0.25, -0.2) is 0 Å². The molecule has 2 unspecified atom stereocenters. The molecular formula is C31H26N2O8. The third-order valence-electron chi connectivity index (χ3n) is 9.73. The number of ether oxygens (including phenoxy) is 2. The van der Waals surface area contributed by atoms with E-state index in [9.17, 15) is 28.8 Å². The van der Waals surface area contributed by atoms with Crippen molar-refractivity contribution in [1.82, 2.24) is 0 Å². The smallest absolute Gasteiger partial charge is 0.323 e. The molecule has 10 heteroatoms. The van der Waals surface area contributed by atoms with Crippen molar-refractivity contribution >= 4 is 46.9 Å². The minimum atomic E-state index is -1.71. The second-order valence-electron chi connectivity index (χ2n) is 11.3. The summed E-state index contributed by atoms with van der Waals surface area (Å²) in [6.45, 7) is 0. The maximum absolute atomic E-state index is 14.1. The quantitative estimate of drug-likeness (QED) is 0.244. The Morgan fingerprint density at radius 1 is 0.585 bits per heavy atom. The molecule has 6 atom stereocenters. The van der Waals surface area contributed by atoms with Crippen LogP contribution in [0.25, 0.3) is 0 Å². The standard InChI is InChI=1S/C31H26N2O8/c1-40-29(38)31(30(39)41-2)13-17-18(14-31)20-22-21(25(34)32(26(22)35)15-9-5-3-6-10-15)19(17)23-24(20)28(37)33(27(23)36)16-11-7-4-8-12-16/h3-12,19-24H,13-14H2,1-2H3/t19?,20?,21-,22+,23+,24-. The van der Waals surface area contributed by atoms with Crippen LogP contribution >= 0.6 is 0 Å². The molecule has 0 radical (unpaired) electrons. The molecule has 41 heavy (non-hydrogen) atoms. The number of nitrogens with zero attached hydrogens (tertiary/aromatic N) is 2. The number of anilines is 2. The van der Waals surface area contributed by atoms with Gasteiger partial charge < -0.3 is 9.47 Å². The van der Waals surface area contributed by atoms with Crippen LogP contribution in [0.15, 0.2) is 71.8 Å². The normalized spacial score (nSPS) is 30.9. The lowest BCUT2D eigenvalue weighted by Gasteiger charge is -2.49. The largest absolute Gasteiger partial charge is 0.468 e. The third-order valence-corrected chi connectivity index (χ3v) is 9.73. The van der Waals surface area contributed by atoms with E-state index >= 15 is 0 Å². The van der Waals surface area contributed by atoms with Crippen molar-refractivity contribution < 1.29 is 38.2 Å². The number of methoxy groups -OCH3 is 2. The molecule has 2 bridgehead atoms. The van der Waals surface area contributed by atoms with Crippen molar-refractivity contribution in [3.05, 3.63) is 71.8 Å². The minimum Gasteiger partial charge on any atom is -0.468 e. The molecule has 1 saturated carbocycles. The summed E-state index contributed by atoms with van der Waals surface area (Å²) in [4.78, 5) is 84.9. The van der Waals surface area contributed by atoms with Crippen LogP contribution in [0.4, 0.5) is 11.4 Å². The maximum atomic E-state index is 14.1.